The summed E-state index contributed by atoms with van der Waals surface area (Å²) in [5.74, 6) is 0.801. The fourth-order valence-electron chi connectivity index (χ4n) is 3.40. The number of carbonyl (C=O) groups excluding carboxylic acids is 2. The highest BCUT2D eigenvalue weighted by Gasteiger charge is 2.32. The van der Waals surface area contributed by atoms with Crippen molar-refractivity contribution < 1.29 is 14.3 Å². The van der Waals surface area contributed by atoms with Crippen LogP contribution in [0.4, 0.5) is 4.79 Å². The molecule has 6 nitrogen and oxygen atoms in total. The van der Waals surface area contributed by atoms with Gasteiger partial charge in [-0.1, -0.05) is 24.6 Å². The summed E-state index contributed by atoms with van der Waals surface area (Å²) in [4.78, 5) is 25.8. The molecular formula is C18H25N3O3. The lowest BCUT2D eigenvalue weighted by Gasteiger charge is -2.32. The second kappa shape index (κ2) is 7.55. The summed E-state index contributed by atoms with van der Waals surface area (Å²) in [6, 6.07) is 8.97. The lowest BCUT2D eigenvalue weighted by atomic mass is 9.92. The maximum absolute atomic E-state index is 12.3. The molecule has 0 radical (unpaired) electrons. The number of benzene rings is 1. The Kier molecular flexibility index (Phi) is 5.23. The molecule has 1 saturated heterocycles. The van der Waals surface area contributed by atoms with Crippen molar-refractivity contribution in [2.45, 2.75) is 50.3 Å². The molecule has 3 atom stereocenters. The summed E-state index contributed by atoms with van der Waals surface area (Å²) in [6.07, 6.45) is 4.62. The topological polar surface area (TPSA) is 70.7 Å². The monoisotopic (exact) mass is 331 g/mol. The fourth-order valence-corrected chi connectivity index (χ4v) is 3.40. The van der Waals surface area contributed by atoms with Gasteiger partial charge in [0.1, 0.15) is 17.9 Å². The molecule has 1 aromatic rings. The van der Waals surface area contributed by atoms with Crippen LogP contribution in [0, 0.1) is 0 Å². The Balaban J connectivity index is 1.55. The third-order valence-corrected chi connectivity index (χ3v) is 4.78. The predicted octanol–water partition coefficient (Wildman–Crippen LogP) is 1.91. The number of likely N-dealkylation sites (N-methyl/N-ethyl adjacent to an activating group) is 1. The average Bonchev–Trinajstić information content (AvgIpc) is 2.90. The van der Waals surface area contributed by atoms with Gasteiger partial charge in [-0.15, -0.1) is 0 Å². The van der Waals surface area contributed by atoms with Crippen LogP contribution in [0.15, 0.2) is 30.3 Å². The second-order valence-corrected chi connectivity index (χ2v) is 6.58. The van der Waals surface area contributed by atoms with Crippen molar-refractivity contribution in [3.8, 4) is 5.75 Å². The van der Waals surface area contributed by atoms with E-state index in [0.29, 0.717) is 13.0 Å². The molecule has 2 N–H and O–H groups in total. The van der Waals surface area contributed by atoms with Gasteiger partial charge in [-0.3, -0.25) is 4.79 Å². The number of hydrogen-bond acceptors (Lipinski definition) is 3. The third kappa shape index (κ3) is 3.99. The summed E-state index contributed by atoms with van der Waals surface area (Å²) >= 11 is 0. The van der Waals surface area contributed by atoms with Gasteiger partial charge in [0.05, 0.1) is 6.04 Å². The first-order chi connectivity index (χ1) is 11.6. The minimum atomic E-state index is -0.410. The van der Waals surface area contributed by atoms with Crippen LogP contribution in [0.3, 0.4) is 0 Å². The second-order valence-electron chi connectivity index (χ2n) is 6.58. The molecule has 2 aliphatic rings. The molecular weight excluding hydrogens is 306 g/mol. The highest BCUT2D eigenvalue weighted by Crippen LogP contribution is 2.24. The highest BCUT2D eigenvalue weighted by atomic mass is 16.5. The van der Waals surface area contributed by atoms with Crippen molar-refractivity contribution >= 4 is 11.9 Å². The number of carbonyl (C=O) groups is 2. The molecule has 1 heterocycles. The van der Waals surface area contributed by atoms with E-state index in [1.165, 1.54) is 0 Å². The van der Waals surface area contributed by atoms with Crippen LogP contribution >= 0.6 is 0 Å². The van der Waals surface area contributed by atoms with Crippen LogP contribution in [-0.4, -0.2) is 48.6 Å². The van der Waals surface area contributed by atoms with E-state index < -0.39 is 6.04 Å². The number of para-hydroxylation sites is 1. The normalized spacial score (nSPS) is 27.0. The van der Waals surface area contributed by atoms with E-state index in [0.717, 1.165) is 31.4 Å². The number of nitrogens with one attached hydrogen (secondary N) is 2. The zero-order valence-electron chi connectivity index (χ0n) is 14.0. The quantitative estimate of drug-likeness (QED) is 0.885. The largest absolute Gasteiger partial charge is 0.488 e. The minimum absolute atomic E-state index is 0.0223. The smallest absolute Gasteiger partial charge is 0.315 e. The molecule has 0 spiro atoms. The van der Waals surface area contributed by atoms with Gasteiger partial charge >= 0.3 is 6.03 Å². The Morgan fingerprint density at radius 2 is 1.88 bits per heavy atom. The van der Waals surface area contributed by atoms with Crippen LogP contribution in [0.2, 0.25) is 0 Å². The molecule has 3 amide bonds. The predicted molar refractivity (Wildman–Crippen MR) is 90.8 cm³/mol. The molecule has 3 rings (SSSR count). The molecule has 1 aliphatic carbocycles. The maximum Gasteiger partial charge on any atom is 0.315 e. The Morgan fingerprint density at radius 1 is 1.12 bits per heavy atom. The van der Waals surface area contributed by atoms with Crippen molar-refractivity contribution in [1.29, 1.82) is 0 Å². The number of rotatable bonds is 4. The van der Waals surface area contributed by atoms with Gasteiger partial charge in [-0.25, -0.2) is 4.79 Å². The van der Waals surface area contributed by atoms with Gasteiger partial charge in [-0.05, 0) is 37.8 Å². The maximum atomic E-state index is 12.3. The first-order valence-corrected chi connectivity index (χ1v) is 8.67. The number of urea groups is 1. The fraction of sp³-hybridized carbons (Fsp3) is 0.556. The van der Waals surface area contributed by atoms with Gasteiger partial charge in [0.25, 0.3) is 0 Å². The molecule has 0 bridgehead atoms. The van der Waals surface area contributed by atoms with E-state index in [1.54, 1.807) is 11.9 Å². The molecule has 0 unspecified atom stereocenters. The van der Waals surface area contributed by atoms with Crippen molar-refractivity contribution in [1.82, 2.24) is 15.5 Å². The lowest BCUT2D eigenvalue weighted by molar-refractivity contribution is -0.128. The third-order valence-electron chi connectivity index (χ3n) is 4.78. The molecule has 24 heavy (non-hydrogen) atoms. The Morgan fingerprint density at radius 3 is 2.58 bits per heavy atom. The Bertz CT molecular complexity index is 578. The Labute approximate surface area is 142 Å². The number of ether oxygens (including phenoxy) is 1. The summed E-state index contributed by atoms with van der Waals surface area (Å²) in [5.41, 5.74) is 0. The van der Waals surface area contributed by atoms with Crippen molar-refractivity contribution in [2.75, 3.05) is 13.6 Å². The lowest BCUT2D eigenvalue weighted by Crippen LogP contribution is -2.53. The molecule has 1 aromatic carbocycles. The van der Waals surface area contributed by atoms with Gasteiger partial charge in [0.15, 0.2) is 0 Å². The van der Waals surface area contributed by atoms with E-state index >= 15 is 0 Å². The van der Waals surface area contributed by atoms with Crippen molar-refractivity contribution in [3.05, 3.63) is 30.3 Å². The van der Waals surface area contributed by atoms with Crippen LogP contribution in [0.5, 0.6) is 5.75 Å². The van der Waals surface area contributed by atoms with E-state index in [1.807, 2.05) is 30.3 Å². The van der Waals surface area contributed by atoms with Crippen LogP contribution in [0.1, 0.15) is 32.1 Å². The zero-order valence-corrected chi connectivity index (χ0v) is 14.0. The number of hydrogen-bond donors (Lipinski definition) is 2. The van der Waals surface area contributed by atoms with Crippen LogP contribution < -0.4 is 15.4 Å². The summed E-state index contributed by atoms with van der Waals surface area (Å²) < 4.78 is 6.06. The van der Waals surface area contributed by atoms with E-state index in [4.69, 9.17) is 4.74 Å². The molecule has 0 aromatic heterocycles. The minimum Gasteiger partial charge on any atom is -0.488 e. The average molecular weight is 331 g/mol. The molecule has 130 valence electrons. The van der Waals surface area contributed by atoms with E-state index in [-0.39, 0.29) is 24.1 Å². The first kappa shape index (κ1) is 16.6. The van der Waals surface area contributed by atoms with Gasteiger partial charge < -0.3 is 20.3 Å². The number of likely N-dealkylation sites (tertiary alicyclic amines) is 1. The number of nitrogens with zero attached hydrogens (tertiary/aromatic N) is 1. The van der Waals surface area contributed by atoms with Crippen molar-refractivity contribution in [2.24, 2.45) is 0 Å². The zero-order chi connectivity index (χ0) is 16.9. The van der Waals surface area contributed by atoms with Crippen LogP contribution in [-0.2, 0) is 4.79 Å². The molecule has 2 fully saturated rings. The van der Waals surface area contributed by atoms with E-state index in [9.17, 15) is 9.59 Å². The highest BCUT2D eigenvalue weighted by molar-refractivity contribution is 5.88. The number of amides is 3. The van der Waals surface area contributed by atoms with Gasteiger partial charge in [-0.2, -0.15) is 0 Å². The summed E-state index contributed by atoms with van der Waals surface area (Å²) in [5, 5.41) is 5.80. The summed E-state index contributed by atoms with van der Waals surface area (Å²) in [7, 11) is 1.76. The first-order valence-electron chi connectivity index (χ1n) is 8.67. The molecule has 1 aliphatic heterocycles. The Hall–Kier alpha value is -2.24. The molecule has 6 heteroatoms. The van der Waals surface area contributed by atoms with Gasteiger partial charge in [0.2, 0.25) is 5.91 Å². The molecule has 1 saturated carbocycles. The standard InChI is InChI=1S/C18H25N3O3/c1-21-12-11-15(17(21)22)20-18(23)19-14-9-5-6-10-16(14)24-13-7-3-2-4-8-13/h2-4,7-8,14-16H,5-6,9-12H2,1H3,(H2,19,20,23)/t14-,15+,16-/m1/s1. The van der Waals surface area contributed by atoms with E-state index in [2.05, 4.69) is 10.6 Å². The summed E-state index contributed by atoms with van der Waals surface area (Å²) in [6.45, 7) is 0.687. The SMILES string of the molecule is CN1CC[C@H](NC(=O)N[C@@H]2CCCC[C@H]2Oc2ccccc2)C1=O. The van der Waals surface area contributed by atoms with Gasteiger partial charge in [0, 0.05) is 13.6 Å². The van der Waals surface area contributed by atoms with Crippen molar-refractivity contribution in [3.63, 3.8) is 0 Å². The van der Waals surface area contributed by atoms with Crippen LogP contribution in [0.25, 0.3) is 0 Å².